The highest BCUT2D eigenvalue weighted by Crippen LogP contribution is 2.23. The number of hydrogen-bond donors (Lipinski definition) is 1. The number of hydrogen-bond acceptors (Lipinski definition) is 3. The first-order valence-electron chi connectivity index (χ1n) is 7.88. The van der Waals surface area contributed by atoms with Gasteiger partial charge in [0.25, 0.3) is 0 Å². The van der Waals surface area contributed by atoms with Crippen LogP contribution >= 0.6 is 0 Å². The van der Waals surface area contributed by atoms with Gasteiger partial charge in [-0.3, -0.25) is 4.90 Å². The molecule has 1 fully saturated rings. The van der Waals surface area contributed by atoms with Crippen molar-refractivity contribution in [2.75, 3.05) is 32.8 Å². The van der Waals surface area contributed by atoms with E-state index in [1.807, 2.05) is 0 Å². The summed E-state index contributed by atoms with van der Waals surface area (Å²) >= 11 is 0. The molecule has 1 aliphatic carbocycles. The molecular formula is C15H32N2O. The van der Waals surface area contributed by atoms with Crippen LogP contribution in [0.1, 0.15) is 52.9 Å². The molecule has 1 aliphatic rings. The summed E-state index contributed by atoms with van der Waals surface area (Å²) in [5, 5.41) is 3.74. The summed E-state index contributed by atoms with van der Waals surface area (Å²) in [7, 11) is 0. The number of rotatable bonds is 9. The smallest absolute Gasteiger partial charge is 0.0593 e. The van der Waals surface area contributed by atoms with Gasteiger partial charge >= 0.3 is 0 Å². The van der Waals surface area contributed by atoms with Gasteiger partial charge in [-0.05, 0) is 39.3 Å². The molecule has 1 rings (SSSR count). The van der Waals surface area contributed by atoms with Crippen LogP contribution in [0.3, 0.4) is 0 Å². The van der Waals surface area contributed by atoms with Crippen molar-refractivity contribution in [3.05, 3.63) is 0 Å². The van der Waals surface area contributed by atoms with Crippen molar-refractivity contribution in [1.29, 1.82) is 0 Å². The summed E-state index contributed by atoms with van der Waals surface area (Å²) in [5.41, 5.74) is 0. The van der Waals surface area contributed by atoms with Gasteiger partial charge in [0.2, 0.25) is 0 Å². The van der Waals surface area contributed by atoms with Crippen molar-refractivity contribution in [2.45, 2.75) is 65.0 Å². The summed E-state index contributed by atoms with van der Waals surface area (Å²) in [6.45, 7) is 11.7. The summed E-state index contributed by atoms with van der Waals surface area (Å²) in [5.74, 6) is 0. The summed E-state index contributed by atoms with van der Waals surface area (Å²) < 4.78 is 5.51. The lowest BCUT2D eigenvalue weighted by molar-refractivity contribution is 0.0721. The van der Waals surface area contributed by atoms with Crippen LogP contribution in [0.5, 0.6) is 0 Å². The lowest BCUT2D eigenvalue weighted by Gasteiger charge is -2.40. The molecule has 18 heavy (non-hydrogen) atoms. The van der Waals surface area contributed by atoms with Crippen LogP contribution in [-0.4, -0.2) is 49.8 Å². The summed E-state index contributed by atoms with van der Waals surface area (Å²) in [4.78, 5) is 2.61. The van der Waals surface area contributed by atoms with E-state index in [0.717, 1.165) is 38.9 Å². The van der Waals surface area contributed by atoms with E-state index in [1.54, 1.807) is 0 Å². The topological polar surface area (TPSA) is 24.5 Å². The third kappa shape index (κ3) is 5.25. The van der Waals surface area contributed by atoms with Crippen molar-refractivity contribution < 1.29 is 4.74 Å². The Morgan fingerprint density at radius 1 is 1.17 bits per heavy atom. The van der Waals surface area contributed by atoms with Crippen molar-refractivity contribution in [3.8, 4) is 0 Å². The molecule has 0 aliphatic heterocycles. The minimum absolute atomic E-state index is 0.695. The molecule has 0 amide bonds. The Morgan fingerprint density at radius 2 is 1.94 bits per heavy atom. The SMILES string of the molecule is CCCNC1CCCCC1N(CC)CCOCC. The molecule has 0 saturated heterocycles. The highest BCUT2D eigenvalue weighted by atomic mass is 16.5. The lowest BCUT2D eigenvalue weighted by Crippen LogP contribution is -2.52. The first-order valence-corrected chi connectivity index (χ1v) is 7.88. The van der Waals surface area contributed by atoms with Gasteiger partial charge in [-0.15, -0.1) is 0 Å². The molecule has 3 heteroatoms. The molecule has 0 bridgehead atoms. The highest BCUT2D eigenvalue weighted by Gasteiger charge is 2.28. The second kappa shape index (κ2) is 9.76. The second-order valence-corrected chi connectivity index (χ2v) is 5.24. The van der Waals surface area contributed by atoms with E-state index in [9.17, 15) is 0 Å². The van der Waals surface area contributed by atoms with Gasteiger partial charge in [0.1, 0.15) is 0 Å². The van der Waals surface area contributed by atoms with Gasteiger partial charge < -0.3 is 10.1 Å². The Balaban J connectivity index is 2.44. The van der Waals surface area contributed by atoms with Crippen LogP contribution in [0.25, 0.3) is 0 Å². The van der Waals surface area contributed by atoms with E-state index in [0.29, 0.717) is 6.04 Å². The fourth-order valence-electron chi connectivity index (χ4n) is 3.00. The lowest BCUT2D eigenvalue weighted by atomic mass is 9.89. The number of nitrogens with one attached hydrogen (secondary N) is 1. The maximum atomic E-state index is 5.51. The molecule has 0 aromatic heterocycles. The van der Waals surface area contributed by atoms with Gasteiger partial charge in [-0.1, -0.05) is 26.7 Å². The molecule has 0 aromatic carbocycles. The van der Waals surface area contributed by atoms with Gasteiger partial charge in [0.15, 0.2) is 0 Å². The summed E-state index contributed by atoms with van der Waals surface area (Å²) in [6.07, 6.45) is 6.70. The van der Waals surface area contributed by atoms with Crippen molar-refractivity contribution in [2.24, 2.45) is 0 Å². The van der Waals surface area contributed by atoms with Crippen molar-refractivity contribution in [3.63, 3.8) is 0 Å². The van der Waals surface area contributed by atoms with Crippen molar-refractivity contribution >= 4 is 0 Å². The highest BCUT2D eigenvalue weighted by molar-refractivity contribution is 4.87. The Hall–Kier alpha value is -0.120. The molecule has 0 radical (unpaired) electrons. The zero-order chi connectivity index (χ0) is 13.2. The minimum atomic E-state index is 0.695. The monoisotopic (exact) mass is 256 g/mol. The quantitative estimate of drug-likeness (QED) is 0.642. The molecular weight excluding hydrogens is 224 g/mol. The first kappa shape index (κ1) is 15.9. The first-order chi connectivity index (χ1) is 8.83. The van der Waals surface area contributed by atoms with Gasteiger partial charge in [-0.25, -0.2) is 0 Å². The third-order valence-electron chi connectivity index (χ3n) is 3.99. The summed E-state index contributed by atoms with van der Waals surface area (Å²) in [6, 6.07) is 1.41. The molecule has 0 heterocycles. The van der Waals surface area contributed by atoms with Crippen LogP contribution in [-0.2, 0) is 4.74 Å². The average Bonchev–Trinajstić information content (AvgIpc) is 2.42. The minimum Gasteiger partial charge on any atom is -0.380 e. The molecule has 0 spiro atoms. The Labute approximate surface area is 113 Å². The number of ether oxygens (including phenoxy) is 1. The largest absolute Gasteiger partial charge is 0.380 e. The standard InChI is InChI=1S/C15H32N2O/c1-4-11-16-14-9-7-8-10-15(14)17(5-2)12-13-18-6-3/h14-16H,4-13H2,1-3H3. The Kier molecular flexibility index (Phi) is 8.64. The van der Waals surface area contributed by atoms with Crippen LogP contribution in [0.4, 0.5) is 0 Å². The van der Waals surface area contributed by atoms with E-state index in [2.05, 4.69) is 31.0 Å². The fourth-order valence-corrected chi connectivity index (χ4v) is 3.00. The second-order valence-electron chi connectivity index (χ2n) is 5.24. The zero-order valence-corrected chi connectivity index (χ0v) is 12.6. The van der Waals surface area contributed by atoms with Crippen LogP contribution < -0.4 is 5.32 Å². The molecule has 2 unspecified atom stereocenters. The Bertz CT molecular complexity index is 199. The predicted molar refractivity (Wildman–Crippen MR) is 78.1 cm³/mol. The van der Waals surface area contributed by atoms with E-state index in [1.165, 1.54) is 32.1 Å². The van der Waals surface area contributed by atoms with Gasteiger partial charge in [-0.2, -0.15) is 0 Å². The average molecular weight is 256 g/mol. The van der Waals surface area contributed by atoms with Gasteiger partial charge in [0.05, 0.1) is 6.61 Å². The van der Waals surface area contributed by atoms with E-state index in [-0.39, 0.29) is 0 Å². The van der Waals surface area contributed by atoms with Crippen LogP contribution in [0.15, 0.2) is 0 Å². The maximum Gasteiger partial charge on any atom is 0.0593 e. The molecule has 108 valence electrons. The van der Waals surface area contributed by atoms with Crippen molar-refractivity contribution in [1.82, 2.24) is 10.2 Å². The molecule has 2 atom stereocenters. The zero-order valence-electron chi connectivity index (χ0n) is 12.6. The normalized spacial score (nSPS) is 24.7. The van der Waals surface area contributed by atoms with Crippen LogP contribution in [0.2, 0.25) is 0 Å². The third-order valence-corrected chi connectivity index (χ3v) is 3.99. The van der Waals surface area contributed by atoms with Crippen LogP contribution in [0, 0.1) is 0 Å². The fraction of sp³-hybridized carbons (Fsp3) is 1.00. The Morgan fingerprint density at radius 3 is 2.61 bits per heavy atom. The van der Waals surface area contributed by atoms with E-state index in [4.69, 9.17) is 4.74 Å². The molecule has 1 saturated carbocycles. The molecule has 3 nitrogen and oxygen atoms in total. The molecule has 0 aromatic rings. The van der Waals surface area contributed by atoms with Gasteiger partial charge in [0, 0.05) is 25.2 Å². The predicted octanol–water partition coefficient (Wildman–Crippen LogP) is 2.66. The number of nitrogens with zero attached hydrogens (tertiary/aromatic N) is 1. The maximum absolute atomic E-state index is 5.51. The molecule has 1 N–H and O–H groups in total. The van der Waals surface area contributed by atoms with E-state index >= 15 is 0 Å². The number of likely N-dealkylation sites (N-methyl/N-ethyl adjacent to an activating group) is 1. The van der Waals surface area contributed by atoms with E-state index < -0.39 is 0 Å².